The van der Waals surface area contributed by atoms with Crippen LogP contribution in [0, 0.1) is 12.3 Å². The van der Waals surface area contributed by atoms with Crippen molar-refractivity contribution in [3.8, 4) is 12.3 Å². The SMILES string of the molecule is C#CCC(NCCC)c1cccc(Cl)c1Cl. The van der Waals surface area contributed by atoms with Gasteiger partial charge >= 0.3 is 0 Å². The second-order valence-electron chi connectivity index (χ2n) is 3.56. The van der Waals surface area contributed by atoms with Gasteiger partial charge in [0, 0.05) is 12.5 Å². The molecule has 1 N–H and O–H groups in total. The standard InChI is InChI=1S/C13H15Cl2N/c1-3-6-12(16-9-4-2)10-7-5-8-11(14)13(10)15/h1,5,7-8,12,16H,4,6,9H2,2H3. The number of halogens is 2. The maximum Gasteiger partial charge on any atom is 0.0640 e. The Morgan fingerprint density at radius 3 is 2.81 bits per heavy atom. The third kappa shape index (κ3) is 3.42. The molecule has 16 heavy (non-hydrogen) atoms. The maximum absolute atomic E-state index is 6.16. The molecule has 0 radical (unpaired) electrons. The van der Waals surface area contributed by atoms with Gasteiger partial charge in [0.15, 0.2) is 0 Å². The van der Waals surface area contributed by atoms with E-state index in [1.54, 1.807) is 6.07 Å². The van der Waals surface area contributed by atoms with Crippen molar-refractivity contribution in [2.75, 3.05) is 6.54 Å². The summed E-state index contributed by atoms with van der Waals surface area (Å²) in [6.07, 6.45) is 7.03. The first-order valence-electron chi connectivity index (χ1n) is 5.31. The number of rotatable bonds is 5. The van der Waals surface area contributed by atoms with Crippen LogP contribution in [-0.2, 0) is 0 Å². The summed E-state index contributed by atoms with van der Waals surface area (Å²) >= 11 is 12.1. The lowest BCUT2D eigenvalue weighted by Crippen LogP contribution is -2.22. The summed E-state index contributed by atoms with van der Waals surface area (Å²) in [4.78, 5) is 0. The highest BCUT2D eigenvalue weighted by atomic mass is 35.5. The minimum Gasteiger partial charge on any atom is -0.309 e. The quantitative estimate of drug-likeness (QED) is 0.783. The molecule has 1 nitrogen and oxygen atoms in total. The molecular weight excluding hydrogens is 241 g/mol. The van der Waals surface area contributed by atoms with Gasteiger partial charge in [-0.25, -0.2) is 0 Å². The number of hydrogen-bond donors (Lipinski definition) is 1. The van der Waals surface area contributed by atoms with Gasteiger partial charge in [-0.05, 0) is 24.6 Å². The average molecular weight is 256 g/mol. The summed E-state index contributed by atoms with van der Waals surface area (Å²) in [6.45, 7) is 3.02. The van der Waals surface area contributed by atoms with Crippen molar-refractivity contribution in [2.45, 2.75) is 25.8 Å². The topological polar surface area (TPSA) is 12.0 Å². The summed E-state index contributed by atoms with van der Waals surface area (Å²) in [5.74, 6) is 2.66. The summed E-state index contributed by atoms with van der Waals surface area (Å²) in [5.41, 5.74) is 0.973. The smallest absolute Gasteiger partial charge is 0.0640 e. The van der Waals surface area contributed by atoms with Crippen molar-refractivity contribution < 1.29 is 0 Å². The average Bonchev–Trinajstić information content (AvgIpc) is 2.28. The normalized spacial score (nSPS) is 12.1. The zero-order chi connectivity index (χ0) is 12.0. The molecular formula is C13H15Cl2N. The highest BCUT2D eigenvalue weighted by Crippen LogP contribution is 2.31. The van der Waals surface area contributed by atoms with Crippen LogP contribution >= 0.6 is 23.2 Å². The molecule has 1 unspecified atom stereocenters. The van der Waals surface area contributed by atoms with E-state index in [1.165, 1.54) is 0 Å². The third-order valence-electron chi connectivity index (χ3n) is 2.32. The fraction of sp³-hybridized carbons (Fsp3) is 0.385. The van der Waals surface area contributed by atoms with Crippen molar-refractivity contribution in [2.24, 2.45) is 0 Å². The van der Waals surface area contributed by atoms with Gasteiger partial charge in [0.1, 0.15) is 0 Å². The van der Waals surface area contributed by atoms with E-state index in [0.29, 0.717) is 16.5 Å². The predicted molar refractivity (Wildman–Crippen MR) is 70.9 cm³/mol. The van der Waals surface area contributed by atoms with E-state index in [4.69, 9.17) is 29.6 Å². The summed E-state index contributed by atoms with van der Waals surface area (Å²) in [7, 11) is 0. The number of terminal acetylenes is 1. The van der Waals surface area contributed by atoms with Crippen molar-refractivity contribution in [3.63, 3.8) is 0 Å². The van der Waals surface area contributed by atoms with Crippen LogP contribution in [-0.4, -0.2) is 6.54 Å². The van der Waals surface area contributed by atoms with E-state index in [-0.39, 0.29) is 6.04 Å². The fourth-order valence-corrected chi connectivity index (χ4v) is 1.96. The first-order chi connectivity index (χ1) is 7.70. The highest BCUT2D eigenvalue weighted by Gasteiger charge is 2.14. The molecule has 1 rings (SSSR count). The van der Waals surface area contributed by atoms with E-state index in [9.17, 15) is 0 Å². The molecule has 0 bridgehead atoms. The number of benzene rings is 1. The summed E-state index contributed by atoms with van der Waals surface area (Å²) in [6, 6.07) is 5.70. The molecule has 1 aromatic carbocycles. The number of hydrogen-bond acceptors (Lipinski definition) is 1. The lowest BCUT2D eigenvalue weighted by Gasteiger charge is -2.18. The Kier molecular flexibility index (Phi) is 5.69. The summed E-state index contributed by atoms with van der Waals surface area (Å²) < 4.78 is 0. The molecule has 1 aromatic rings. The Bertz CT molecular complexity index is 382. The van der Waals surface area contributed by atoms with Gasteiger partial charge in [-0.3, -0.25) is 0 Å². The first kappa shape index (κ1) is 13.4. The van der Waals surface area contributed by atoms with Crippen LogP contribution in [0.15, 0.2) is 18.2 Å². The van der Waals surface area contributed by atoms with Crippen LogP contribution in [0.5, 0.6) is 0 Å². The third-order valence-corrected chi connectivity index (χ3v) is 3.15. The second kappa shape index (κ2) is 6.81. The summed E-state index contributed by atoms with van der Waals surface area (Å²) in [5, 5.41) is 4.53. The van der Waals surface area contributed by atoms with E-state index in [1.807, 2.05) is 12.1 Å². The number of nitrogens with one attached hydrogen (secondary N) is 1. The van der Waals surface area contributed by atoms with Gasteiger partial charge in [-0.1, -0.05) is 42.3 Å². The minimum absolute atomic E-state index is 0.0798. The first-order valence-corrected chi connectivity index (χ1v) is 6.07. The molecule has 0 amide bonds. The van der Waals surface area contributed by atoms with Gasteiger partial charge in [0.05, 0.1) is 10.0 Å². The van der Waals surface area contributed by atoms with Crippen molar-refractivity contribution >= 4 is 23.2 Å². The highest BCUT2D eigenvalue weighted by molar-refractivity contribution is 6.42. The van der Waals surface area contributed by atoms with Crippen LogP contribution in [0.1, 0.15) is 31.4 Å². The van der Waals surface area contributed by atoms with Gasteiger partial charge in [-0.2, -0.15) is 0 Å². The Morgan fingerprint density at radius 2 is 2.19 bits per heavy atom. The Labute approximate surface area is 107 Å². The van der Waals surface area contributed by atoms with Crippen LogP contribution in [0.25, 0.3) is 0 Å². The van der Waals surface area contributed by atoms with Crippen LogP contribution in [0.2, 0.25) is 10.0 Å². The fourth-order valence-electron chi connectivity index (χ4n) is 1.52. The van der Waals surface area contributed by atoms with Crippen molar-refractivity contribution in [3.05, 3.63) is 33.8 Å². The zero-order valence-electron chi connectivity index (χ0n) is 9.26. The lowest BCUT2D eigenvalue weighted by molar-refractivity contribution is 0.543. The van der Waals surface area contributed by atoms with Crippen LogP contribution < -0.4 is 5.32 Å². The predicted octanol–water partition coefficient (Wildman–Crippen LogP) is 4.06. The Balaban J connectivity index is 2.92. The van der Waals surface area contributed by atoms with Gasteiger partial charge in [0.2, 0.25) is 0 Å². The molecule has 0 aliphatic carbocycles. The molecule has 0 spiro atoms. The largest absolute Gasteiger partial charge is 0.309 e. The van der Waals surface area contributed by atoms with Gasteiger partial charge in [-0.15, -0.1) is 12.3 Å². The Hall–Kier alpha value is -0.680. The van der Waals surface area contributed by atoms with E-state index >= 15 is 0 Å². The van der Waals surface area contributed by atoms with E-state index in [0.717, 1.165) is 18.5 Å². The zero-order valence-corrected chi connectivity index (χ0v) is 10.8. The molecule has 0 fully saturated rings. The molecule has 0 aromatic heterocycles. The molecule has 0 saturated carbocycles. The molecule has 86 valence electrons. The monoisotopic (exact) mass is 255 g/mol. The molecule has 0 heterocycles. The van der Waals surface area contributed by atoms with Crippen LogP contribution in [0.4, 0.5) is 0 Å². The molecule has 0 aliphatic rings. The molecule has 0 aliphatic heterocycles. The lowest BCUT2D eigenvalue weighted by atomic mass is 10.0. The molecule has 3 heteroatoms. The van der Waals surface area contributed by atoms with Crippen molar-refractivity contribution in [1.82, 2.24) is 5.32 Å². The van der Waals surface area contributed by atoms with E-state index in [2.05, 4.69) is 18.2 Å². The molecule has 1 atom stereocenters. The maximum atomic E-state index is 6.16. The van der Waals surface area contributed by atoms with E-state index < -0.39 is 0 Å². The van der Waals surface area contributed by atoms with Gasteiger partial charge in [0.25, 0.3) is 0 Å². The minimum atomic E-state index is 0.0798. The molecule has 0 saturated heterocycles. The second-order valence-corrected chi connectivity index (χ2v) is 4.34. The van der Waals surface area contributed by atoms with Crippen molar-refractivity contribution in [1.29, 1.82) is 0 Å². The van der Waals surface area contributed by atoms with Crippen LogP contribution in [0.3, 0.4) is 0 Å². The van der Waals surface area contributed by atoms with Gasteiger partial charge < -0.3 is 5.32 Å². The Morgan fingerprint density at radius 1 is 1.44 bits per heavy atom.